The van der Waals surface area contributed by atoms with Crippen molar-refractivity contribution in [2.75, 3.05) is 0 Å². The average Bonchev–Trinajstić information content (AvgIpc) is 2.14. The molecule has 0 aliphatic carbocycles. The van der Waals surface area contributed by atoms with Gasteiger partial charge in [0, 0.05) is 22.6 Å². The molecule has 0 saturated heterocycles. The normalized spacial score (nSPS) is 8.50. The highest BCUT2D eigenvalue weighted by Gasteiger charge is 1.95. The van der Waals surface area contributed by atoms with Crippen LogP contribution in [0, 0.1) is 15.3 Å². The van der Waals surface area contributed by atoms with E-state index in [1.165, 1.54) is 0 Å². The molecule has 0 radical (unpaired) electrons. The lowest BCUT2D eigenvalue weighted by atomic mass is 11.2. The van der Waals surface area contributed by atoms with Crippen LogP contribution in [0.3, 0.4) is 0 Å². The molecule has 1 rings (SSSR count). The van der Waals surface area contributed by atoms with Crippen LogP contribution >= 0.6 is 22.6 Å². The van der Waals surface area contributed by atoms with E-state index in [1.807, 2.05) is 22.6 Å². The van der Waals surface area contributed by atoms with Gasteiger partial charge < -0.3 is 0 Å². The lowest BCUT2D eigenvalue weighted by Gasteiger charge is -1.75. The summed E-state index contributed by atoms with van der Waals surface area (Å²) < 4.78 is 1.51. The van der Waals surface area contributed by atoms with E-state index in [-0.39, 0.29) is 0 Å². The Morgan fingerprint density at radius 2 is 2.50 bits per heavy atom. The molecule has 0 spiro atoms. The molecule has 0 aliphatic rings. The van der Waals surface area contributed by atoms with Crippen molar-refractivity contribution in [2.24, 2.45) is 0 Å². The van der Waals surface area contributed by atoms with Gasteiger partial charge in [-0.25, -0.2) is 0 Å². The van der Waals surface area contributed by atoms with Crippen LogP contribution in [0.2, 0.25) is 0 Å². The van der Waals surface area contributed by atoms with Crippen LogP contribution in [-0.4, -0.2) is 20.2 Å². The van der Waals surface area contributed by atoms with E-state index in [9.17, 15) is 0 Å². The van der Waals surface area contributed by atoms with Gasteiger partial charge in [-0.15, -0.1) is 9.78 Å². The van der Waals surface area contributed by atoms with Crippen molar-refractivity contribution in [2.45, 2.75) is 0 Å². The minimum atomic E-state index is 0.477. The lowest BCUT2D eigenvalue weighted by molar-refractivity contribution is 0.794. The molecular formula is C2IN5. The minimum absolute atomic E-state index is 0.477. The monoisotopic (exact) mass is 221 g/mol. The Kier molecular flexibility index (Phi) is 1.38. The fourth-order valence-corrected chi connectivity index (χ4v) is 0.538. The van der Waals surface area contributed by atoms with Gasteiger partial charge in [-0.1, -0.05) is 0 Å². The number of tetrazole rings is 1. The fourth-order valence-electron chi connectivity index (χ4n) is 0.237. The third-order valence-corrected chi connectivity index (χ3v) is 1.20. The van der Waals surface area contributed by atoms with Gasteiger partial charge in [0.05, 0.1) is 0 Å². The number of hydrogen-bond donors (Lipinski definition) is 0. The first-order chi connectivity index (χ1) is 3.84. The number of aromatic nitrogens is 4. The third-order valence-electron chi connectivity index (χ3n) is 0.526. The summed E-state index contributed by atoms with van der Waals surface area (Å²) in [6, 6.07) is 0. The molecule has 0 amide bonds. The Bertz CT molecular complexity index is 221. The van der Waals surface area contributed by atoms with E-state index in [2.05, 4.69) is 15.5 Å². The van der Waals surface area contributed by atoms with E-state index >= 15 is 0 Å². The van der Waals surface area contributed by atoms with Crippen molar-refractivity contribution in [3.8, 4) is 6.19 Å². The number of halogens is 1. The average molecular weight is 221 g/mol. The Hall–Kier alpha value is -0.710. The summed E-state index contributed by atoms with van der Waals surface area (Å²) in [4.78, 5) is 0. The zero-order valence-corrected chi connectivity index (χ0v) is 5.77. The molecule has 0 unspecified atom stereocenters. The number of rotatable bonds is 0. The maximum absolute atomic E-state index is 8.17. The summed E-state index contributed by atoms with van der Waals surface area (Å²) >= 11 is 1.86. The van der Waals surface area contributed by atoms with E-state index in [4.69, 9.17) is 5.26 Å². The van der Waals surface area contributed by atoms with Gasteiger partial charge in [0.15, 0.2) is 0 Å². The van der Waals surface area contributed by atoms with Crippen LogP contribution in [0.25, 0.3) is 0 Å². The summed E-state index contributed by atoms with van der Waals surface area (Å²) in [6.45, 7) is 0. The quantitative estimate of drug-likeness (QED) is 0.559. The number of nitrogens with zero attached hydrogens (tertiary/aromatic N) is 5. The van der Waals surface area contributed by atoms with Crippen molar-refractivity contribution in [1.29, 1.82) is 5.26 Å². The maximum atomic E-state index is 8.17. The molecule has 0 aromatic carbocycles. The smallest absolute Gasteiger partial charge is 0.170 e. The highest BCUT2D eigenvalue weighted by molar-refractivity contribution is 14.1. The molecule has 5 nitrogen and oxygen atoms in total. The van der Waals surface area contributed by atoms with Crippen LogP contribution in [0.4, 0.5) is 0 Å². The highest BCUT2D eigenvalue weighted by Crippen LogP contribution is 1.91. The van der Waals surface area contributed by atoms with Gasteiger partial charge in [0.25, 0.3) is 0 Å². The van der Waals surface area contributed by atoms with Gasteiger partial charge in [0.2, 0.25) is 10.0 Å². The number of nitriles is 1. The van der Waals surface area contributed by atoms with Gasteiger partial charge in [0.1, 0.15) is 0 Å². The second-order valence-electron chi connectivity index (χ2n) is 0.960. The molecule has 0 atom stereocenters. The summed E-state index contributed by atoms with van der Waals surface area (Å²) in [6.07, 6.45) is 1.75. The van der Waals surface area contributed by atoms with Crippen molar-refractivity contribution in [1.82, 2.24) is 20.2 Å². The Morgan fingerprint density at radius 3 is 2.75 bits per heavy atom. The summed E-state index contributed by atoms with van der Waals surface area (Å²) in [5.74, 6) is 0. The van der Waals surface area contributed by atoms with E-state index in [0.29, 0.717) is 3.83 Å². The molecule has 1 aromatic rings. The first kappa shape index (κ1) is 5.43. The Labute approximate surface area is 58.4 Å². The Balaban J connectivity index is 3.15. The summed E-state index contributed by atoms with van der Waals surface area (Å²) in [5.41, 5.74) is 0. The molecule has 0 aliphatic heterocycles. The molecule has 1 aromatic heterocycles. The zero-order chi connectivity index (χ0) is 5.98. The molecule has 1 heterocycles. The molecule has 0 fully saturated rings. The third kappa shape index (κ3) is 0.764. The predicted molar refractivity (Wildman–Crippen MR) is 31.5 cm³/mol. The molecule has 0 bridgehead atoms. The second kappa shape index (κ2) is 2.04. The molecule has 8 heavy (non-hydrogen) atoms. The largest absolute Gasteiger partial charge is 0.227 e. The van der Waals surface area contributed by atoms with Crippen LogP contribution < -0.4 is 0 Å². The first-order valence-electron chi connectivity index (χ1n) is 1.68. The first-order valence-corrected chi connectivity index (χ1v) is 2.76. The van der Waals surface area contributed by atoms with Crippen molar-refractivity contribution < 1.29 is 0 Å². The molecule has 6 heteroatoms. The van der Waals surface area contributed by atoms with Crippen molar-refractivity contribution in [3.05, 3.63) is 3.83 Å². The van der Waals surface area contributed by atoms with E-state index < -0.39 is 0 Å². The highest BCUT2D eigenvalue weighted by atomic mass is 127. The molecule has 0 saturated carbocycles. The minimum Gasteiger partial charge on any atom is -0.170 e. The fraction of sp³-hybridized carbons (Fsp3) is 0. The SMILES string of the molecule is N#Cn1nnnc1I. The maximum Gasteiger partial charge on any atom is 0.227 e. The van der Waals surface area contributed by atoms with Crippen molar-refractivity contribution >= 4 is 22.6 Å². The van der Waals surface area contributed by atoms with Gasteiger partial charge in [-0.05, 0) is 10.4 Å². The van der Waals surface area contributed by atoms with Crippen LogP contribution in [0.15, 0.2) is 0 Å². The zero-order valence-electron chi connectivity index (χ0n) is 3.61. The summed E-state index contributed by atoms with van der Waals surface area (Å²) in [5, 5.41) is 18.2. The van der Waals surface area contributed by atoms with Crippen LogP contribution in [0.5, 0.6) is 0 Å². The summed E-state index contributed by atoms with van der Waals surface area (Å²) in [7, 11) is 0. The van der Waals surface area contributed by atoms with E-state index in [1.54, 1.807) is 6.19 Å². The van der Waals surface area contributed by atoms with Gasteiger partial charge >= 0.3 is 0 Å². The molecular weight excluding hydrogens is 221 g/mol. The molecule has 40 valence electrons. The number of hydrogen-bond acceptors (Lipinski definition) is 4. The van der Waals surface area contributed by atoms with Crippen LogP contribution in [0.1, 0.15) is 0 Å². The van der Waals surface area contributed by atoms with E-state index in [0.717, 1.165) is 4.68 Å². The van der Waals surface area contributed by atoms with Gasteiger partial charge in [-0.3, -0.25) is 0 Å². The predicted octanol–water partition coefficient (Wildman–Crippen LogP) is -0.393. The topological polar surface area (TPSA) is 67.4 Å². The Morgan fingerprint density at radius 1 is 1.75 bits per heavy atom. The standard InChI is InChI=1S/C2IN5/c3-2-5-6-7-8(2)1-4. The van der Waals surface area contributed by atoms with Crippen LogP contribution in [-0.2, 0) is 0 Å². The lowest BCUT2D eigenvalue weighted by Crippen LogP contribution is -1.92. The van der Waals surface area contributed by atoms with Crippen molar-refractivity contribution in [3.63, 3.8) is 0 Å². The second-order valence-corrected chi connectivity index (χ2v) is 1.92. The molecule has 0 N–H and O–H groups in total. The van der Waals surface area contributed by atoms with Gasteiger partial charge in [-0.2, -0.15) is 5.26 Å².